The summed E-state index contributed by atoms with van der Waals surface area (Å²) in [5.74, 6) is -0.391. The number of hydrogen-bond donors (Lipinski definition) is 2. The lowest BCUT2D eigenvalue weighted by Crippen LogP contribution is -2.51. The van der Waals surface area contributed by atoms with Gasteiger partial charge in [-0.3, -0.25) is 15.0 Å². The summed E-state index contributed by atoms with van der Waals surface area (Å²) in [5, 5.41) is 13.3. The number of anilines is 1. The number of carbonyl (C=O) groups is 4. The van der Waals surface area contributed by atoms with Crippen LogP contribution in [0.3, 0.4) is 0 Å². The number of azo groups is 1. The number of urea groups is 1. The molecule has 1 aromatic carbocycles. The molecule has 13 nitrogen and oxygen atoms in total. The lowest BCUT2D eigenvalue weighted by Gasteiger charge is -2.35. The van der Waals surface area contributed by atoms with E-state index in [9.17, 15) is 19.2 Å². The van der Waals surface area contributed by atoms with Crippen LogP contribution in [0, 0.1) is 0 Å². The van der Waals surface area contributed by atoms with Crippen molar-refractivity contribution in [1.29, 1.82) is 0 Å². The molecule has 1 aliphatic carbocycles. The predicted molar refractivity (Wildman–Crippen MR) is 158 cm³/mol. The van der Waals surface area contributed by atoms with Gasteiger partial charge < -0.3 is 24.6 Å². The largest absolute Gasteiger partial charge is 0.444 e. The van der Waals surface area contributed by atoms with E-state index in [0.717, 1.165) is 0 Å². The number of Topliss-reactive ketones (excluding diaryl/α,β-unsaturated/α-hetero) is 1. The number of rotatable bonds is 4. The third-order valence-electron chi connectivity index (χ3n) is 7.45. The molecule has 226 valence electrons. The molecule has 0 spiro atoms. The summed E-state index contributed by atoms with van der Waals surface area (Å²) >= 11 is 1.26. The number of nitrogens with one attached hydrogen (secondary N) is 2. The molecule has 0 saturated carbocycles. The van der Waals surface area contributed by atoms with Crippen molar-refractivity contribution in [2.75, 3.05) is 57.8 Å². The molecule has 1 atom stereocenters. The fraction of sp³-hybridized carbons (Fsp3) is 0.448. The van der Waals surface area contributed by atoms with Crippen molar-refractivity contribution in [3.05, 3.63) is 56.8 Å². The van der Waals surface area contributed by atoms with Gasteiger partial charge in [-0.15, -0.1) is 11.3 Å². The van der Waals surface area contributed by atoms with E-state index in [-0.39, 0.29) is 17.8 Å². The number of hydrazine groups is 1. The van der Waals surface area contributed by atoms with Crippen LogP contribution >= 0.6 is 11.3 Å². The van der Waals surface area contributed by atoms with E-state index < -0.39 is 17.7 Å². The first kappa shape index (κ1) is 29.0. The van der Waals surface area contributed by atoms with Crippen LogP contribution in [0.1, 0.15) is 57.3 Å². The molecule has 1 unspecified atom stereocenters. The summed E-state index contributed by atoms with van der Waals surface area (Å²) in [6.45, 7) is 9.23. The molecule has 0 bridgehead atoms. The van der Waals surface area contributed by atoms with Gasteiger partial charge in [-0.25, -0.2) is 14.6 Å². The van der Waals surface area contributed by atoms with E-state index in [1.807, 2.05) is 26.8 Å². The van der Waals surface area contributed by atoms with Gasteiger partial charge in [0.25, 0.3) is 5.91 Å². The van der Waals surface area contributed by atoms with Crippen molar-refractivity contribution in [3.8, 4) is 0 Å². The molecule has 43 heavy (non-hydrogen) atoms. The Morgan fingerprint density at radius 3 is 2.44 bits per heavy atom. The smallest absolute Gasteiger partial charge is 0.410 e. The zero-order valence-corrected chi connectivity index (χ0v) is 25.0. The standard InChI is InChI=1S/C29H33N7O6S/c1-29(2,3)42-28(40)35-11-9-34(10-12-35)26(38)20-8-7-19(43-20)24-22-23(31-32-24)17-5-4-6-18(21(17)25(22)37)30-27(39)33-36-13-15-41-16-14-36/h4-8,23H,9-16H2,1-3H3,(H2,30,33,39). The SMILES string of the molecule is CC(C)(C)OC(=O)N1CCN(C(=O)c2ccc(C3=C4C(=O)c5c(NC(=O)NN6CCOCC6)cccc5C4N=N3)s2)CC1. The van der Waals surface area contributed by atoms with Crippen molar-refractivity contribution < 1.29 is 28.7 Å². The second-order valence-corrected chi connectivity index (χ2v) is 12.7. The Morgan fingerprint density at radius 1 is 1.00 bits per heavy atom. The van der Waals surface area contributed by atoms with Crippen LogP contribution in [-0.2, 0) is 9.47 Å². The lowest BCUT2D eigenvalue weighted by atomic mass is 10.1. The maximum Gasteiger partial charge on any atom is 0.410 e. The van der Waals surface area contributed by atoms with E-state index >= 15 is 0 Å². The van der Waals surface area contributed by atoms with Gasteiger partial charge in [0.2, 0.25) is 0 Å². The van der Waals surface area contributed by atoms with E-state index in [1.165, 1.54) is 11.3 Å². The summed E-state index contributed by atoms with van der Waals surface area (Å²) in [6, 6.07) is 7.79. The Morgan fingerprint density at radius 2 is 1.72 bits per heavy atom. The van der Waals surface area contributed by atoms with Crippen molar-refractivity contribution >= 4 is 46.5 Å². The van der Waals surface area contributed by atoms with E-state index in [0.29, 0.717) is 90.3 Å². The summed E-state index contributed by atoms with van der Waals surface area (Å²) in [4.78, 5) is 56.6. The highest BCUT2D eigenvalue weighted by Gasteiger charge is 2.43. The highest BCUT2D eigenvalue weighted by atomic mass is 32.1. The third kappa shape index (κ3) is 5.90. The average molecular weight is 608 g/mol. The minimum Gasteiger partial charge on any atom is -0.444 e. The molecule has 14 heteroatoms. The Kier molecular flexibility index (Phi) is 7.75. The summed E-state index contributed by atoms with van der Waals surface area (Å²) in [5.41, 5.74) is 4.56. The highest BCUT2D eigenvalue weighted by molar-refractivity contribution is 7.15. The molecule has 3 aliphatic heterocycles. The van der Waals surface area contributed by atoms with Crippen LogP contribution in [0.15, 0.2) is 46.1 Å². The zero-order chi connectivity index (χ0) is 30.3. The average Bonchev–Trinajstić information content (AvgIpc) is 3.69. The fourth-order valence-electron chi connectivity index (χ4n) is 5.40. The second kappa shape index (κ2) is 11.5. The normalized spacial score (nSPS) is 20.3. The van der Waals surface area contributed by atoms with Gasteiger partial charge in [0.05, 0.1) is 39.8 Å². The van der Waals surface area contributed by atoms with Gasteiger partial charge in [-0.2, -0.15) is 10.2 Å². The van der Waals surface area contributed by atoms with E-state index in [4.69, 9.17) is 9.47 Å². The minimum absolute atomic E-state index is 0.143. The van der Waals surface area contributed by atoms with E-state index in [2.05, 4.69) is 21.0 Å². The first-order valence-corrected chi connectivity index (χ1v) is 15.0. The van der Waals surface area contributed by atoms with Gasteiger partial charge in [-0.05, 0) is 44.5 Å². The maximum absolute atomic E-state index is 13.7. The van der Waals surface area contributed by atoms with Gasteiger partial charge >= 0.3 is 12.1 Å². The van der Waals surface area contributed by atoms with Crippen LogP contribution in [-0.4, -0.2) is 96.7 Å². The maximum atomic E-state index is 13.7. The number of ketones is 1. The molecule has 2 saturated heterocycles. The van der Waals surface area contributed by atoms with Crippen molar-refractivity contribution in [2.24, 2.45) is 10.2 Å². The molecule has 0 radical (unpaired) electrons. The van der Waals surface area contributed by atoms with Crippen molar-refractivity contribution in [1.82, 2.24) is 20.2 Å². The molecular formula is C29H33N7O6S. The summed E-state index contributed by atoms with van der Waals surface area (Å²) in [7, 11) is 0. The van der Waals surface area contributed by atoms with Crippen molar-refractivity contribution in [3.63, 3.8) is 0 Å². The minimum atomic E-state index is -0.582. The Bertz CT molecular complexity index is 1530. The second-order valence-electron chi connectivity index (χ2n) is 11.6. The molecule has 2 N–H and O–H groups in total. The number of amides is 4. The van der Waals surface area contributed by atoms with Crippen LogP contribution in [0.2, 0.25) is 0 Å². The topological polar surface area (TPSA) is 145 Å². The number of fused-ring (bicyclic) bond motifs is 3. The van der Waals surface area contributed by atoms with Crippen LogP contribution in [0.25, 0.3) is 5.70 Å². The molecule has 4 aliphatic rings. The van der Waals surface area contributed by atoms with E-state index in [1.54, 1.807) is 39.1 Å². The molecule has 2 aromatic rings. The fourth-order valence-corrected chi connectivity index (χ4v) is 6.37. The van der Waals surface area contributed by atoms with Crippen molar-refractivity contribution in [2.45, 2.75) is 32.4 Å². The lowest BCUT2D eigenvalue weighted by molar-refractivity contribution is 0.0141. The van der Waals surface area contributed by atoms with Gasteiger partial charge in [-0.1, -0.05) is 12.1 Å². The summed E-state index contributed by atoms with van der Waals surface area (Å²) < 4.78 is 10.8. The number of hydrogen-bond acceptors (Lipinski definition) is 10. The number of morpholine rings is 1. The van der Waals surface area contributed by atoms with Gasteiger partial charge in [0.15, 0.2) is 5.78 Å². The molecule has 4 heterocycles. The Balaban J connectivity index is 1.14. The monoisotopic (exact) mass is 607 g/mol. The van der Waals surface area contributed by atoms with Gasteiger partial charge in [0, 0.05) is 39.3 Å². The molecular weight excluding hydrogens is 574 g/mol. The number of benzene rings is 1. The van der Waals surface area contributed by atoms with Crippen LogP contribution in [0.4, 0.5) is 15.3 Å². The number of thiophene rings is 1. The predicted octanol–water partition coefficient (Wildman–Crippen LogP) is 3.92. The highest BCUT2D eigenvalue weighted by Crippen LogP contribution is 2.49. The van der Waals surface area contributed by atoms with Gasteiger partial charge in [0.1, 0.15) is 17.3 Å². The third-order valence-corrected chi connectivity index (χ3v) is 8.53. The zero-order valence-electron chi connectivity index (χ0n) is 24.2. The first-order valence-electron chi connectivity index (χ1n) is 14.2. The number of nitrogens with zero attached hydrogens (tertiary/aromatic N) is 5. The molecule has 6 rings (SSSR count). The number of ether oxygens (including phenoxy) is 2. The quantitative estimate of drug-likeness (QED) is 0.536. The summed E-state index contributed by atoms with van der Waals surface area (Å²) in [6.07, 6.45) is -0.383. The molecule has 2 fully saturated rings. The molecule has 4 amide bonds. The van der Waals surface area contributed by atoms with Crippen LogP contribution < -0.4 is 10.7 Å². The first-order chi connectivity index (χ1) is 20.6. The van der Waals surface area contributed by atoms with Crippen LogP contribution in [0.5, 0.6) is 0 Å². The Labute approximate surface area is 252 Å². The Hall–Kier alpha value is -4.14. The molecule has 1 aromatic heterocycles. The number of piperazine rings is 1. The number of carbonyl (C=O) groups excluding carboxylic acids is 4.